The van der Waals surface area contributed by atoms with Crippen molar-refractivity contribution in [1.82, 2.24) is 10.3 Å². The molecule has 1 heterocycles. The molecule has 0 saturated heterocycles. The van der Waals surface area contributed by atoms with Gasteiger partial charge in [-0.1, -0.05) is 60.2 Å². The number of hydrogen-bond donors (Lipinski definition) is 2. The maximum Gasteiger partial charge on any atom is 0.263 e. The Morgan fingerprint density at radius 1 is 1.10 bits per heavy atom. The van der Waals surface area contributed by atoms with Gasteiger partial charge in [0, 0.05) is 18.5 Å². The second-order valence-electron chi connectivity index (χ2n) is 7.62. The molecule has 2 N–H and O–H groups in total. The van der Waals surface area contributed by atoms with Crippen LogP contribution in [0.2, 0.25) is 0 Å². The summed E-state index contributed by atoms with van der Waals surface area (Å²) in [5.41, 5.74) is 6.96. The maximum atomic E-state index is 13.1. The summed E-state index contributed by atoms with van der Waals surface area (Å²) in [4.78, 5) is 27.6. The molecule has 0 aromatic heterocycles. The lowest BCUT2D eigenvalue weighted by Gasteiger charge is -2.26. The molecule has 0 spiro atoms. The van der Waals surface area contributed by atoms with Gasteiger partial charge in [-0.05, 0) is 41.8 Å². The Morgan fingerprint density at radius 2 is 1.81 bits per heavy atom. The van der Waals surface area contributed by atoms with Crippen LogP contribution in [0.4, 0.5) is 0 Å². The zero-order valence-electron chi connectivity index (χ0n) is 17.2. The number of hydrazone groups is 1. The third kappa shape index (κ3) is 4.64. The Balaban J connectivity index is 1.54. The molecule has 1 aliphatic heterocycles. The Labute approximate surface area is 180 Å². The Hall–Kier alpha value is -3.93. The molecule has 156 valence electrons. The first kappa shape index (κ1) is 20.3. The van der Waals surface area contributed by atoms with Crippen molar-refractivity contribution in [3.8, 4) is 5.75 Å². The quantitative estimate of drug-likeness (QED) is 0.480. The summed E-state index contributed by atoms with van der Waals surface area (Å²) in [5, 5.41) is 13.6. The fourth-order valence-corrected chi connectivity index (χ4v) is 3.63. The molecule has 2 amide bonds. The third-order valence-electron chi connectivity index (χ3n) is 5.36. The first-order valence-electron chi connectivity index (χ1n) is 10.1. The predicted molar refractivity (Wildman–Crippen MR) is 119 cm³/mol. The van der Waals surface area contributed by atoms with Crippen molar-refractivity contribution in [3.63, 3.8) is 0 Å². The Morgan fingerprint density at radius 3 is 2.52 bits per heavy atom. The summed E-state index contributed by atoms with van der Waals surface area (Å²) >= 11 is 0. The summed E-state index contributed by atoms with van der Waals surface area (Å²) in [5.74, 6) is -0.383. The van der Waals surface area contributed by atoms with E-state index in [1.54, 1.807) is 41.4 Å². The lowest BCUT2D eigenvalue weighted by Crippen LogP contribution is -2.47. The van der Waals surface area contributed by atoms with Gasteiger partial charge in [-0.25, -0.2) is 5.43 Å². The van der Waals surface area contributed by atoms with Gasteiger partial charge < -0.3 is 10.0 Å². The van der Waals surface area contributed by atoms with Gasteiger partial charge >= 0.3 is 0 Å². The monoisotopic (exact) mass is 413 g/mol. The highest BCUT2D eigenvalue weighted by Gasteiger charge is 2.36. The zero-order valence-corrected chi connectivity index (χ0v) is 17.2. The molecule has 0 saturated carbocycles. The molecule has 3 aromatic carbocycles. The van der Waals surface area contributed by atoms with Gasteiger partial charge in [0.1, 0.15) is 11.8 Å². The van der Waals surface area contributed by atoms with E-state index in [4.69, 9.17) is 0 Å². The van der Waals surface area contributed by atoms with Crippen LogP contribution in [0.3, 0.4) is 0 Å². The van der Waals surface area contributed by atoms with Gasteiger partial charge in [0.2, 0.25) is 0 Å². The van der Waals surface area contributed by atoms with Gasteiger partial charge in [-0.2, -0.15) is 5.10 Å². The smallest absolute Gasteiger partial charge is 0.263 e. The van der Waals surface area contributed by atoms with Crippen molar-refractivity contribution in [2.24, 2.45) is 5.10 Å². The molecule has 0 radical (unpaired) electrons. The minimum atomic E-state index is -0.736. The number of aryl methyl sites for hydroxylation is 1. The summed E-state index contributed by atoms with van der Waals surface area (Å²) in [6, 6.07) is 21.1. The second kappa shape index (κ2) is 8.83. The zero-order chi connectivity index (χ0) is 21.8. The first-order chi connectivity index (χ1) is 15.0. The van der Waals surface area contributed by atoms with E-state index in [0.717, 1.165) is 22.3 Å². The van der Waals surface area contributed by atoms with Crippen LogP contribution >= 0.6 is 0 Å². The number of nitrogens with one attached hydrogen (secondary N) is 1. The van der Waals surface area contributed by atoms with Crippen LogP contribution in [0.25, 0.3) is 0 Å². The SMILES string of the molecule is Cc1ccc(/C=N/NC(=O)C(Cc2ccc(O)cc2)N2Cc3ccccc3C2=O)cc1. The van der Waals surface area contributed by atoms with E-state index >= 15 is 0 Å². The minimum Gasteiger partial charge on any atom is -0.508 e. The largest absolute Gasteiger partial charge is 0.508 e. The molecule has 3 aromatic rings. The number of carbonyl (C=O) groups excluding carboxylic acids is 2. The van der Waals surface area contributed by atoms with Crippen molar-refractivity contribution in [1.29, 1.82) is 0 Å². The molecule has 1 aliphatic rings. The number of phenols is 1. The van der Waals surface area contributed by atoms with Crippen LogP contribution in [0.5, 0.6) is 5.75 Å². The molecule has 0 aliphatic carbocycles. The molecule has 6 heteroatoms. The van der Waals surface area contributed by atoms with Gasteiger partial charge in [-0.15, -0.1) is 0 Å². The van der Waals surface area contributed by atoms with Crippen molar-refractivity contribution >= 4 is 18.0 Å². The number of rotatable bonds is 6. The number of hydrogen-bond acceptors (Lipinski definition) is 4. The number of fused-ring (bicyclic) bond motifs is 1. The molecule has 1 unspecified atom stereocenters. The molecule has 1 atom stereocenters. The molecule has 0 bridgehead atoms. The topological polar surface area (TPSA) is 82.0 Å². The average Bonchev–Trinajstić information content (AvgIpc) is 3.11. The van der Waals surface area contributed by atoms with E-state index in [2.05, 4.69) is 10.5 Å². The van der Waals surface area contributed by atoms with Gasteiger partial charge in [0.05, 0.1) is 6.21 Å². The number of benzene rings is 3. The van der Waals surface area contributed by atoms with E-state index in [1.165, 1.54) is 0 Å². The van der Waals surface area contributed by atoms with Crippen LogP contribution in [0, 0.1) is 6.92 Å². The summed E-state index contributed by atoms with van der Waals surface area (Å²) < 4.78 is 0. The van der Waals surface area contributed by atoms with Gasteiger partial charge in [0.25, 0.3) is 11.8 Å². The molecule has 4 rings (SSSR count). The van der Waals surface area contributed by atoms with E-state index < -0.39 is 6.04 Å². The highest BCUT2D eigenvalue weighted by Crippen LogP contribution is 2.26. The molecular formula is C25H23N3O3. The maximum absolute atomic E-state index is 13.1. The van der Waals surface area contributed by atoms with Gasteiger partial charge in [-0.3, -0.25) is 9.59 Å². The number of amides is 2. The van der Waals surface area contributed by atoms with Gasteiger partial charge in [0.15, 0.2) is 0 Å². The second-order valence-corrected chi connectivity index (χ2v) is 7.62. The highest BCUT2D eigenvalue weighted by atomic mass is 16.3. The fourth-order valence-electron chi connectivity index (χ4n) is 3.63. The Bertz CT molecular complexity index is 1120. The minimum absolute atomic E-state index is 0.150. The van der Waals surface area contributed by atoms with Crippen LogP contribution < -0.4 is 5.43 Å². The summed E-state index contributed by atoms with van der Waals surface area (Å²) in [6.07, 6.45) is 1.89. The van der Waals surface area contributed by atoms with Crippen LogP contribution in [0.15, 0.2) is 77.9 Å². The lowest BCUT2D eigenvalue weighted by atomic mass is 10.0. The van der Waals surface area contributed by atoms with E-state index in [-0.39, 0.29) is 17.6 Å². The third-order valence-corrected chi connectivity index (χ3v) is 5.36. The number of nitrogens with zero attached hydrogens (tertiary/aromatic N) is 2. The summed E-state index contributed by atoms with van der Waals surface area (Å²) in [7, 11) is 0. The average molecular weight is 413 g/mol. The van der Waals surface area contributed by atoms with Crippen molar-refractivity contribution in [2.45, 2.75) is 25.9 Å². The lowest BCUT2D eigenvalue weighted by molar-refractivity contribution is -0.125. The molecular weight excluding hydrogens is 390 g/mol. The van der Waals surface area contributed by atoms with Crippen LogP contribution in [-0.4, -0.2) is 34.1 Å². The van der Waals surface area contributed by atoms with Crippen molar-refractivity contribution < 1.29 is 14.7 Å². The van der Waals surface area contributed by atoms with Crippen LogP contribution in [0.1, 0.15) is 32.6 Å². The number of aromatic hydroxyl groups is 1. The van der Waals surface area contributed by atoms with Crippen molar-refractivity contribution in [2.75, 3.05) is 0 Å². The first-order valence-corrected chi connectivity index (χ1v) is 10.1. The van der Waals surface area contributed by atoms with E-state index in [0.29, 0.717) is 18.5 Å². The molecule has 6 nitrogen and oxygen atoms in total. The molecule has 31 heavy (non-hydrogen) atoms. The number of carbonyl (C=O) groups is 2. The number of phenolic OH excluding ortho intramolecular Hbond substituents is 1. The standard InChI is InChI=1S/C25H23N3O3/c1-17-6-8-19(9-7-17)15-26-27-24(30)23(14-18-10-12-21(29)13-11-18)28-16-20-4-2-3-5-22(20)25(28)31/h2-13,15,23,29H,14,16H2,1H3,(H,27,30)/b26-15+. The fraction of sp³-hybridized carbons (Fsp3) is 0.160. The predicted octanol–water partition coefficient (Wildman–Crippen LogP) is 3.42. The van der Waals surface area contributed by atoms with E-state index in [1.807, 2.05) is 49.4 Å². The van der Waals surface area contributed by atoms with E-state index in [9.17, 15) is 14.7 Å². The highest BCUT2D eigenvalue weighted by molar-refractivity contribution is 6.01. The Kier molecular flexibility index (Phi) is 5.80. The molecule has 0 fully saturated rings. The normalized spacial score (nSPS) is 14.0. The summed E-state index contributed by atoms with van der Waals surface area (Å²) in [6.45, 7) is 2.37. The van der Waals surface area contributed by atoms with Crippen LogP contribution in [-0.2, 0) is 17.8 Å². The van der Waals surface area contributed by atoms with Crippen molar-refractivity contribution in [3.05, 3.63) is 101 Å².